The van der Waals surface area contributed by atoms with Crippen molar-refractivity contribution in [3.05, 3.63) is 0 Å². The van der Waals surface area contributed by atoms with Crippen LogP contribution in [-0.2, 0) is 14.3 Å². The summed E-state index contributed by atoms with van der Waals surface area (Å²) in [5.74, 6) is -0.968. The molecular weight excluding hydrogens is 222 g/mol. The Morgan fingerprint density at radius 3 is 2.35 bits per heavy atom. The van der Waals surface area contributed by atoms with Crippen LogP contribution in [0.5, 0.6) is 0 Å². The highest BCUT2D eigenvalue weighted by molar-refractivity contribution is 5.86. The number of ether oxygens (including phenoxy) is 1. The van der Waals surface area contributed by atoms with Crippen LogP contribution in [-0.4, -0.2) is 36.2 Å². The predicted octanol–water partition coefficient (Wildman–Crippen LogP) is 1.17. The lowest BCUT2D eigenvalue weighted by molar-refractivity contribution is -0.155. The second kappa shape index (κ2) is 5.04. The number of methoxy groups -OCH3 is 1. The highest BCUT2D eigenvalue weighted by Gasteiger charge is 2.44. The first kappa shape index (κ1) is 14.0. The molecule has 0 aromatic rings. The van der Waals surface area contributed by atoms with E-state index in [0.717, 1.165) is 19.3 Å². The molecule has 1 aliphatic carbocycles. The summed E-state index contributed by atoms with van der Waals surface area (Å²) in [6.07, 6.45) is 2.91. The van der Waals surface area contributed by atoms with E-state index in [1.54, 1.807) is 21.0 Å². The zero-order chi connectivity index (χ0) is 13.1. The third-order valence-corrected chi connectivity index (χ3v) is 3.58. The van der Waals surface area contributed by atoms with E-state index < -0.39 is 17.0 Å². The second-order valence-electron chi connectivity index (χ2n) is 5.25. The lowest BCUT2D eigenvalue weighted by Gasteiger charge is -2.38. The van der Waals surface area contributed by atoms with Crippen molar-refractivity contribution in [2.45, 2.75) is 45.1 Å². The molecule has 5 nitrogen and oxygen atoms in total. The Morgan fingerprint density at radius 1 is 1.41 bits per heavy atom. The van der Waals surface area contributed by atoms with Gasteiger partial charge in [0.05, 0.1) is 5.41 Å². The molecule has 1 aliphatic rings. The van der Waals surface area contributed by atoms with E-state index >= 15 is 0 Å². The largest absolute Gasteiger partial charge is 0.481 e. The molecule has 1 saturated carbocycles. The van der Waals surface area contributed by atoms with Crippen LogP contribution in [0.25, 0.3) is 0 Å². The Hall–Kier alpha value is -1.10. The second-order valence-corrected chi connectivity index (χ2v) is 5.25. The Morgan fingerprint density at radius 2 is 2.00 bits per heavy atom. The van der Waals surface area contributed by atoms with Crippen LogP contribution in [0.4, 0.5) is 0 Å². The van der Waals surface area contributed by atoms with Crippen molar-refractivity contribution in [2.24, 2.45) is 5.41 Å². The SMILES string of the molecule is COC1(C(=O)NCCC(C)(C)C(=O)O)CCC1. The first-order chi connectivity index (χ1) is 7.84. The number of hydrogen-bond donors (Lipinski definition) is 2. The van der Waals surface area contributed by atoms with Gasteiger partial charge >= 0.3 is 5.97 Å². The average Bonchev–Trinajstić information content (AvgIpc) is 2.16. The third-order valence-electron chi connectivity index (χ3n) is 3.58. The number of amides is 1. The molecule has 1 fully saturated rings. The summed E-state index contributed by atoms with van der Waals surface area (Å²) < 4.78 is 5.24. The van der Waals surface area contributed by atoms with E-state index in [4.69, 9.17) is 9.84 Å². The van der Waals surface area contributed by atoms with E-state index in [-0.39, 0.29) is 5.91 Å². The number of carboxylic acids is 1. The quantitative estimate of drug-likeness (QED) is 0.734. The number of hydrogen-bond acceptors (Lipinski definition) is 3. The lowest BCUT2D eigenvalue weighted by atomic mass is 9.79. The van der Waals surface area contributed by atoms with Crippen molar-refractivity contribution < 1.29 is 19.4 Å². The standard InChI is InChI=1S/C12H21NO4/c1-11(2,10(15)16)7-8-13-9(14)12(17-3)5-4-6-12/h4-8H2,1-3H3,(H,13,14)(H,15,16). The van der Waals surface area contributed by atoms with Crippen molar-refractivity contribution in [3.63, 3.8) is 0 Å². The summed E-state index contributed by atoms with van der Waals surface area (Å²) in [6.45, 7) is 3.66. The molecule has 0 unspecified atom stereocenters. The van der Waals surface area contributed by atoms with Crippen molar-refractivity contribution in [1.82, 2.24) is 5.32 Å². The fourth-order valence-electron chi connectivity index (χ4n) is 1.78. The van der Waals surface area contributed by atoms with E-state index in [1.807, 2.05) is 0 Å². The molecule has 0 saturated heterocycles. The van der Waals surface area contributed by atoms with Crippen LogP contribution in [0.3, 0.4) is 0 Å². The van der Waals surface area contributed by atoms with Crippen molar-refractivity contribution in [3.8, 4) is 0 Å². The average molecular weight is 243 g/mol. The van der Waals surface area contributed by atoms with Gasteiger partial charge in [0.1, 0.15) is 5.60 Å². The number of nitrogens with one attached hydrogen (secondary N) is 1. The van der Waals surface area contributed by atoms with Crippen LogP contribution in [0.2, 0.25) is 0 Å². The van der Waals surface area contributed by atoms with Gasteiger partial charge in [0.25, 0.3) is 5.91 Å². The molecule has 5 heteroatoms. The summed E-state index contributed by atoms with van der Waals surface area (Å²) in [6, 6.07) is 0. The van der Waals surface area contributed by atoms with Gasteiger partial charge in [-0.15, -0.1) is 0 Å². The van der Waals surface area contributed by atoms with E-state index in [2.05, 4.69) is 5.32 Å². The first-order valence-corrected chi connectivity index (χ1v) is 5.91. The Balaban J connectivity index is 2.37. The first-order valence-electron chi connectivity index (χ1n) is 5.91. The van der Waals surface area contributed by atoms with Gasteiger partial charge in [-0.05, 0) is 39.5 Å². The van der Waals surface area contributed by atoms with Crippen LogP contribution in [0, 0.1) is 5.41 Å². The fourth-order valence-corrected chi connectivity index (χ4v) is 1.78. The zero-order valence-corrected chi connectivity index (χ0v) is 10.7. The number of carbonyl (C=O) groups excluding carboxylic acids is 1. The molecule has 0 atom stereocenters. The van der Waals surface area contributed by atoms with Crippen molar-refractivity contribution >= 4 is 11.9 Å². The number of aliphatic carboxylic acids is 1. The summed E-state index contributed by atoms with van der Waals surface area (Å²) in [7, 11) is 1.54. The summed E-state index contributed by atoms with van der Waals surface area (Å²) >= 11 is 0. The molecule has 0 heterocycles. The molecule has 0 bridgehead atoms. The van der Waals surface area contributed by atoms with E-state index in [1.165, 1.54) is 0 Å². The van der Waals surface area contributed by atoms with Gasteiger partial charge in [0.15, 0.2) is 0 Å². The van der Waals surface area contributed by atoms with Crippen molar-refractivity contribution in [1.29, 1.82) is 0 Å². The minimum Gasteiger partial charge on any atom is -0.481 e. The maximum atomic E-state index is 11.9. The number of carbonyl (C=O) groups is 2. The number of carboxylic acid groups (broad SMARTS) is 1. The van der Waals surface area contributed by atoms with Gasteiger partial charge in [-0.25, -0.2) is 0 Å². The normalized spacial score (nSPS) is 18.3. The molecule has 0 aromatic carbocycles. The van der Waals surface area contributed by atoms with Crippen LogP contribution in [0.15, 0.2) is 0 Å². The van der Waals surface area contributed by atoms with Gasteiger partial charge < -0.3 is 15.2 Å². The minimum atomic E-state index is -0.850. The van der Waals surface area contributed by atoms with Gasteiger partial charge in [0, 0.05) is 13.7 Å². The van der Waals surface area contributed by atoms with Crippen molar-refractivity contribution in [2.75, 3.05) is 13.7 Å². The van der Waals surface area contributed by atoms with Gasteiger partial charge in [-0.2, -0.15) is 0 Å². The van der Waals surface area contributed by atoms with E-state index in [9.17, 15) is 9.59 Å². The monoisotopic (exact) mass is 243 g/mol. The lowest BCUT2D eigenvalue weighted by Crippen LogP contribution is -2.53. The molecule has 98 valence electrons. The van der Waals surface area contributed by atoms with Crippen LogP contribution in [0.1, 0.15) is 39.5 Å². The molecule has 0 radical (unpaired) electrons. The molecule has 1 rings (SSSR count). The molecular formula is C12H21NO4. The Bertz CT molecular complexity index is 302. The molecule has 0 aliphatic heterocycles. The van der Waals surface area contributed by atoms with Crippen LogP contribution >= 0.6 is 0 Å². The minimum absolute atomic E-state index is 0.118. The fraction of sp³-hybridized carbons (Fsp3) is 0.833. The van der Waals surface area contributed by atoms with Gasteiger partial charge in [-0.3, -0.25) is 9.59 Å². The highest BCUT2D eigenvalue weighted by atomic mass is 16.5. The molecule has 0 aromatic heterocycles. The van der Waals surface area contributed by atoms with E-state index in [0.29, 0.717) is 13.0 Å². The zero-order valence-electron chi connectivity index (χ0n) is 10.7. The smallest absolute Gasteiger partial charge is 0.309 e. The maximum Gasteiger partial charge on any atom is 0.309 e. The molecule has 0 spiro atoms. The summed E-state index contributed by atoms with van der Waals surface area (Å²) in [5, 5.41) is 11.7. The van der Waals surface area contributed by atoms with Gasteiger partial charge in [-0.1, -0.05) is 0 Å². The maximum absolute atomic E-state index is 11.9. The molecule has 1 amide bonds. The molecule has 17 heavy (non-hydrogen) atoms. The summed E-state index contributed by atoms with van der Waals surface area (Å²) in [5.41, 5.74) is -1.47. The topological polar surface area (TPSA) is 75.6 Å². The van der Waals surface area contributed by atoms with Gasteiger partial charge in [0.2, 0.25) is 0 Å². The Labute approximate surface area is 102 Å². The highest BCUT2D eigenvalue weighted by Crippen LogP contribution is 2.35. The predicted molar refractivity (Wildman–Crippen MR) is 62.6 cm³/mol. The third kappa shape index (κ3) is 2.97. The Kier molecular flexibility index (Phi) is 4.14. The number of rotatable bonds is 6. The molecule has 2 N–H and O–H groups in total. The van der Waals surface area contributed by atoms with Crippen LogP contribution < -0.4 is 5.32 Å². The summed E-state index contributed by atoms with van der Waals surface area (Å²) in [4.78, 5) is 22.7.